The highest BCUT2D eigenvalue weighted by Gasteiger charge is 2.10. The van der Waals surface area contributed by atoms with Crippen LogP contribution in [-0.2, 0) is 6.54 Å². The summed E-state index contributed by atoms with van der Waals surface area (Å²) in [6.45, 7) is 0.292. The van der Waals surface area contributed by atoms with Crippen molar-refractivity contribution in [1.29, 1.82) is 0 Å². The van der Waals surface area contributed by atoms with Crippen LogP contribution in [-0.4, -0.2) is 24.1 Å². The number of hydrogen-bond acceptors (Lipinski definition) is 5. The summed E-state index contributed by atoms with van der Waals surface area (Å²) in [5.41, 5.74) is 0.737. The van der Waals surface area contributed by atoms with Crippen molar-refractivity contribution in [1.82, 2.24) is 9.97 Å². The van der Waals surface area contributed by atoms with Gasteiger partial charge in [0.15, 0.2) is 11.6 Å². The number of aromatic nitrogens is 2. The Morgan fingerprint density at radius 3 is 2.90 bits per heavy atom. The molecule has 2 aromatic rings. The molecule has 0 aliphatic heterocycles. The molecular weight excluding hydrogens is 283 g/mol. The van der Waals surface area contributed by atoms with E-state index in [9.17, 15) is 4.39 Å². The van der Waals surface area contributed by atoms with Crippen molar-refractivity contribution in [2.45, 2.75) is 6.54 Å². The SMILES string of the molecule is CNc1ncc(F)c(NCc2c(Cl)cccc2OC)n1. The molecular formula is C13H14ClFN4O. The third-order valence-corrected chi connectivity index (χ3v) is 3.05. The lowest BCUT2D eigenvalue weighted by Crippen LogP contribution is -2.08. The van der Waals surface area contributed by atoms with E-state index in [0.29, 0.717) is 23.3 Å². The van der Waals surface area contributed by atoms with Crippen LogP contribution >= 0.6 is 11.6 Å². The van der Waals surface area contributed by atoms with Gasteiger partial charge in [0.1, 0.15) is 5.75 Å². The van der Waals surface area contributed by atoms with Gasteiger partial charge in [0.25, 0.3) is 0 Å². The number of methoxy groups -OCH3 is 1. The van der Waals surface area contributed by atoms with Crippen molar-refractivity contribution in [2.24, 2.45) is 0 Å². The van der Waals surface area contributed by atoms with Gasteiger partial charge in [-0.15, -0.1) is 0 Å². The second-order valence-corrected chi connectivity index (χ2v) is 4.32. The standard InChI is InChI=1S/C13H14ClFN4O/c1-16-13-18-7-10(15)12(19-13)17-6-8-9(14)4-3-5-11(8)20-2/h3-5,7H,6H2,1-2H3,(H2,16,17,18,19). The summed E-state index contributed by atoms with van der Waals surface area (Å²) in [6, 6.07) is 5.32. The van der Waals surface area contributed by atoms with Crippen LogP contribution in [0.5, 0.6) is 5.75 Å². The minimum atomic E-state index is -0.532. The minimum absolute atomic E-state index is 0.103. The van der Waals surface area contributed by atoms with E-state index in [1.165, 1.54) is 0 Å². The first-order valence-corrected chi connectivity index (χ1v) is 6.29. The molecule has 0 fully saturated rings. The lowest BCUT2D eigenvalue weighted by molar-refractivity contribution is 0.410. The van der Waals surface area contributed by atoms with Gasteiger partial charge in [-0.05, 0) is 12.1 Å². The Kier molecular flexibility index (Phi) is 4.57. The summed E-state index contributed by atoms with van der Waals surface area (Å²) in [6.07, 6.45) is 1.10. The predicted octanol–water partition coefficient (Wildman–Crippen LogP) is 2.93. The summed E-state index contributed by atoms with van der Waals surface area (Å²) in [4.78, 5) is 7.77. The molecule has 1 heterocycles. The molecule has 5 nitrogen and oxygen atoms in total. The fraction of sp³-hybridized carbons (Fsp3) is 0.231. The molecule has 1 aromatic heterocycles. The van der Waals surface area contributed by atoms with E-state index >= 15 is 0 Å². The number of halogens is 2. The zero-order valence-corrected chi connectivity index (χ0v) is 11.8. The summed E-state index contributed by atoms with van der Waals surface area (Å²) in [5, 5.41) is 6.18. The maximum atomic E-state index is 13.6. The van der Waals surface area contributed by atoms with E-state index < -0.39 is 5.82 Å². The first-order chi connectivity index (χ1) is 9.65. The number of nitrogens with zero attached hydrogens (tertiary/aromatic N) is 2. The first kappa shape index (κ1) is 14.3. The molecule has 0 aliphatic rings. The molecule has 0 bridgehead atoms. The van der Waals surface area contributed by atoms with Gasteiger partial charge in [-0.1, -0.05) is 17.7 Å². The van der Waals surface area contributed by atoms with Crippen LogP contribution in [0.25, 0.3) is 0 Å². The molecule has 106 valence electrons. The van der Waals surface area contributed by atoms with Gasteiger partial charge >= 0.3 is 0 Å². The molecule has 20 heavy (non-hydrogen) atoms. The van der Waals surface area contributed by atoms with E-state index in [0.717, 1.165) is 11.8 Å². The van der Waals surface area contributed by atoms with Crippen LogP contribution in [0.4, 0.5) is 16.2 Å². The molecule has 0 amide bonds. The number of anilines is 2. The Morgan fingerprint density at radius 2 is 2.20 bits per heavy atom. The second-order valence-electron chi connectivity index (χ2n) is 3.91. The molecule has 0 saturated heterocycles. The lowest BCUT2D eigenvalue weighted by Gasteiger charge is -2.12. The summed E-state index contributed by atoms with van der Waals surface area (Å²) < 4.78 is 18.8. The fourth-order valence-corrected chi connectivity index (χ4v) is 1.92. The third kappa shape index (κ3) is 3.08. The first-order valence-electron chi connectivity index (χ1n) is 5.91. The molecule has 0 spiro atoms. The second kappa shape index (κ2) is 6.38. The van der Waals surface area contributed by atoms with E-state index in [1.54, 1.807) is 32.4 Å². The summed E-state index contributed by atoms with van der Waals surface area (Å²) >= 11 is 6.11. The largest absolute Gasteiger partial charge is 0.496 e. The maximum Gasteiger partial charge on any atom is 0.224 e. The molecule has 0 aliphatic carbocycles. The topological polar surface area (TPSA) is 59.1 Å². The minimum Gasteiger partial charge on any atom is -0.496 e. The van der Waals surface area contributed by atoms with Gasteiger partial charge in [0, 0.05) is 24.2 Å². The van der Waals surface area contributed by atoms with Crippen LogP contribution < -0.4 is 15.4 Å². The number of hydrogen-bond donors (Lipinski definition) is 2. The monoisotopic (exact) mass is 296 g/mol. The maximum absolute atomic E-state index is 13.6. The van der Waals surface area contributed by atoms with Crippen molar-refractivity contribution < 1.29 is 9.13 Å². The third-order valence-electron chi connectivity index (χ3n) is 2.70. The van der Waals surface area contributed by atoms with E-state index in [4.69, 9.17) is 16.3 Å². The van der Waals surface area contributed by atoms with E-state index in [1.807, 2.05) is 0 Å². The number of ether oxygens (including phenoxy) is 1. The van der Waals surface area contributed by atoms with E-state index in [-0.39, 0.29) is 5.82 Å². The number of rotatable bonds is 5. The van der Waals surface area contributed by atoms with Crippen LogP contribution in [0.2, 0.25) is 5.02 Å². The predicted molar refractivity (Wildman–Crippen MR) is 76.9 cm³/mol. The molecule has 0 atom stereocenters. The van der Waals surface area contributed by atoms with E-state index in [2.05, 4.69) is 20.6 Å². The molecule has 0 unspecified atom stereocenters. The Balaban J connectivity index is 2.21. The summed E-state index contributed by atoms with van der Waals surface area (Å²) in [5.74, 6) is 0.537. The molecule has 0 radical (unpaired) electrons. The average Bonchev–Trinajstić information content (AvgIpc) is 2.47. The Labute approximate surface area is 121 Å². The average molecular weight is 297 g/mol. The summed E-state index contributed by atoms with van der Waals surface area (Å²) in [7, 11) is 3.22. The van der Waals surface area contributed by atoms with Gasteiger partial charge in [0.05, 0.1) is 13.3 Å². The highest BCUT2D eigenvalue weighted by molar-refractivity contribution is 6.31. The Bertz CT molecular complexity index is 609. The van der Waals surface area contributed by atoms with Crippen LogP contribution in [0.15, 0.2) is 24.4 Å². The molecule has 7 heteroatoms. The van der Waals surface area contributed by atoms with Gasteiger partial charge in [-0.3, -0.25) is 0 Å². The van der Waals surface area contributed by atoms with Gasteiger partial charge < -0.3 is 15.4 Å². The highest BCUT2D eigenvalue weighted by Crippen LogP contribution is 2.27. The zero-order chi connectivity index (χ0) is 14.5. The van der Waals surface area contributed by atoms with Crippen molar-refractivity contribution in [3.8, 4) is 5.75 Å². The van der Waals surface area contributed by atoms with Gasteiger partial charge in [-0.25, -0.2) is 9.37 Å². The molecule has 2 N–H and O–H groups in total. The molecule has 2 rings (SSSR count). The quantitative estimate of drug-likeness (QED) is 0.888. The molecule has 0 saturated carbocycles. The normalized spacial score (nSPS) is 10.2. The van der Waals surface area contributed by atoms with Crippen molar-refractivity contribution >= 4 is 23.4 Å². The van der Waals surface area contributed by atoms with Gasteiger partial charge in [-0.2, -0.15) is 4.98 Å². The zero-order valence-electron chi connectivity index (χ0n) is 11.1. The highest BCUT2D eigenvalue weighted by atomic mass is 35.5. The van der Waals surface area contributed by atoms with Crippen molar-refractivity contribution in [3.63, 3.8) is 0 Å². The lowest BCUT2D eigenvalue weighted by atomic mass is 10.2. The number of benzene rings is 1. The van der Waals surface area contributed by atoms with Crippen molar-refractivity contribution in [2.75, 3.05) is 24.8 Å². The Hall–Kier alpha value is -2.08. The molecule has 1 aromatic carbocycles. The number of nitrogens with one attached hydrogen (secondary N) is 2. The smallest absolute Gasteiger partial charge is 0.224 e. The van der Waals surface area contributed by atoms with Crippen LogP contribution in [0.3, 0.4) is 0 Å². The fourth-order valence-electron chi connectivity index (χ4n) is 1.69. The van der Waals surface area contributed by atoms with Gasteiger partial charge in [0.2, 0.25) is 5.95 Å². The van der Waals surface area contributed by atoms with Crippen molar-refractivity contribution in [3.05, 3.63) is 40.8 Å². The Morgan fingerprint density at radius 1 is 1.40 bits per heavy atom. The van der Waals surface area contributed by atoms with Crippen LogP contribution in [0, 0.1) is 5.82 Å². The van der Waals surface area contributed by atoms with Crippen LogP contribution in [0.1, 0.15) is 5.56 Å².